The fraction of sp³-hybridized carbons (Fsp3) is 0.538. The number of ether oxygens (including phenoxy) is 1. The molecule has 0 aliphatic rings. The van der Waals surface area contributed by atoms with Crippen LogP contribution >= 0.6 is 0 Å². The van der Waals surface area contributed by atoms with Crippen molar-refractivity contribution in [3.63, 3.8) is 0 Å². The van der Waals surface area contributed by atoms with E-state index in [4.69, 9.17) is 10.5 Å². The highest BCUT2D eigenvalue weighted by molar-refractivity contribution is 5.39. The van der Waals surface area contributed by atoms with Crippen molar-refractivity contribution in [1.29, 1.82) is 0 Å². The molecule has 2 N–H and O–H groups in total. The zero-order valence-corrected chi connectivity index (χ0v) is 10.4. The van der Waals surface area contributed by atoms with E-state index in [9.17, 15) is 4.39 Å². The molecule has 0 aromatic heterocycles. The van der Waals surface area contributed by atoms with E-state index in [1.54, 1.807) is 7.11 Å². The number of nitrogens with two attached hydrogens (primary N) is 1. The molecule has 0 fully saturated rings. The first kappa shape index (κ1) is 13.0. The van der Waals surface area contributed by atoms with Crippen molar-refractivity contribution in [1.82, 2.24) is 0 Å². The van der Waals surface area contributed by atoms with Crippen LogP contribution in [0.25, 0.3) is 0 Å². The van der Waals surface area contributed by atoms with Gasteiger partial charge in [-0.3, -0.25) is 0 Å². The molecule has 2 nitrogen and oxygen atoms in total. The second-order valence-corrected chi connectivity index (χ2v) is 4.97. The molecule has 1 aromatic rings. The van der Waals surface area contributed by atoms with Crippen LogP contribution in [0, 0.1) is 18.2 Å². The predicted octanol–water partition coefficient (Wildman–Crippen LogP) is 2.67. The number of hydrogen-bond donors (Lipinski definition) is 1. The topological polar surface area (TPSA) is 35.2 Å². The maximum Gasteiger partial charge on any atom is 0.130 e. The lowest BCUT2D eigenvalue weighted by Gasteiger charge is -2.24. The monoisotopic (exact) mass is 225 g/mol. The fourth-order valence-corrected chi connectivity index (χ4v) is 1.64. The SMILES string of the molecule is COc1cc(C)cc(F)c1CC(C)(C)CN. The van der Waals surface area contributed by atoms with E-state index in [-0.39, 0.29) is 11.2 Å². The minimum absolute atomic E-state index is 0.122. The lowest BCUT2D eigenvalue weighted by Crippen LogP contribution is -2.26. The van der Waals surface area contributed by atoms with Gasteiger partial charge in [0, 0.05) is 5.56 Å². The summed E-state index contributed by atoms with van der Waals surface area (Å²) in [5, 5.41) is 0. The minimum Gasteiger partial charge on any atom is -0.496 e. The molecule has 0 saturated carbocycles. The Morgan fingerprint density at radius 3 is 2.50 bits per heavy atom. The van der Waals surface area contributed by atoms with Crippen LogP contribution in [0.5, 0.6) is 5.75 Å². The summed E-state index contributed by atoms with van der Waals surface area (Å²) in [5.74, 6) is 0.400. The third-order valence-electron chi connectivity index (χ3n) is 2.73. The lowest BCUT2D eigenvalue weighted by molar-refractivity contribution is 0.350. The number of methoxy groups -OCH3 is 1. The number of halogens is 1. The van der Waals surface area contributed by atoms with Gasteiger partial charge in [0.05, 0.1) is 7.11 Å². The highest BCUT2D eigenvalue weighted by Crippen LogP contribution is 2.30. The fourth-order valence-electron chi connectivity index (χ4n) is 1.64. The Balaban J connectivity index is 3.12. The molecule has 0 bridgehead atoms. The third kappa shape index (κ3) is 2.95. The lowest BCUT2D eigenvalue weighted by atomic mass is 9.85. The molecule has 0 unspecified atom stereocenters. The molecule has 16 heavy (non-hydrogen) atoms. The summed E-state index contributed by atoms with van der Waals surface area (Å²) >= 11 is 0. The normalized spacial score (nSPS) is 11.6. The first-order chi connectivity index (χ1) is 7.39. The van der Waals surface area contributed by atoms with Crippen molar-refractivity contribution in [2.24, 2.45) is 11.1 Å². The second kappa shape index (κ2) is 4.83. The Labute approximate surface area is 96.6 Å². The molecule has 1 aromatic carbocycles. The number of hydrogen-bond acceptors (Lipinski definition) is 2. The highest BCUT2D eigenvalue weighted by Gasteiger charge is 2.21. The van der Waals surface area contributed by atoms with Crippen molar-refractivity contribution in [3.05, 3.63) is 29.1 Å². The minimum atomic E-state index is -0.210. The van der Waals surface area contributed by atoms with Crippen molar-refractivity contribution in [2.45, 2.75) is 27.2 Å². The number of benzene rings is 1. The molecule has 0 aliphatic heterocycles. The summed E-state index contributed by atoms with van der Waals surface area (Å²) < 4.78 is 19.1. The largest absolute Gasteiger partial charge is 0.496 e. The van der Waals surface area contributed by atoms with E-state index in [0.29, 0.717) is 24.3 Å². The van der Waals surface area contributed by atoms with Crippen LogP contribution in [0.2, 0.25) is 0 Å². The van der Waals surface area contributed by atoms with Gasteiger partial charge in [0.25, 0.3) is 0 Å². The smallest absolute Gasteiger partial charge is 0.130 e. The average Bonchev–Trinajstić information content (AvgIpc) is 2.21. The van der Waals surface area contributed by atoms with Crippen LogP contribution in [0.4, 0.5) is 4.39 Å². The molecular formula is C13H20FNO. The first-order valence-electron chi connectivity index (χ1n) is 5.42. The number of aryl methyl sites for hydroxylation is 1. The quantitative estimate of drug-likeness (QED) is 0.855. The Kier molecular flexibility index (Phi) is 3.92. The van der Waals surface area contributed by atoms with Crippen molar-refractivity contribution < 1.29 is 9.13 Å². The molecule has 0 spiro atoms. The molecule has 1 rings (SSSR count). The van der Waals surface area contributed by atoms with Crippen LogP contribution in [-0.4, -0.2) is 13.7 Å². The molecule has 0 atom stereocenters. The molecule has 0 radical (unpaired) electrons. The Morgan fingerprint density at radius 1 is 1.38 bits per heavy atom. The molecule has 0 saturated heterocycles. The van der Waals surface area contributed by atoms with Gasteiger partial charge in [-0.1, -0.05) is 13.8 Å². The summed E-state index contributed by atoms with van der Waals surface area (Å²) in [6.45, 7) is 6.41. The average molecular weight is 225 g/mol. The van der Waals surface area contributed by atoms with E-state index in [0.717, 1.165) is 5.56 Å². The van der Waals surface area contributed by atoms with Gasteiger partial charge in [0.1, 0.15) is 11.6 Å². The first-order valence-corrected chi connectivity index (χ1v) is 5.42. The standard InChI is InChI=1S/C13H20FNO/c1-9-5-11(14)10(12(6-9)16-4)7-13(2,3)8-15/h5-6H,7-8,15H2,1-4H3. The molecule has 90 valence electrons. The van der Waals surface area contributed by atoms with Gasteiger partial charge in [0.2, 0.25) is 0 Å². The van der Waals surface area contributed by atoms with Crippen LogP contribution < -0.4 is 10.5 Å². The Hall–Kier alpha value is -1.09. The maximum atomic E-state index is 13.8. The van der Waals surface area contributed by atoms with Gasteiger partial charge >= 0.3 is 0 Å². The van der Waals surface area contributed by atoms with Gasteiger partial charge in [0.15, 0.2) is 0 Å². The van der Waals surface area contributed by atoms with Gasteiger partial charge in [-0.05, 0) is 43.0 Å². The van der Waals surface area contributed by atoms with E-state index in [1.165, 1.54) is 6.07 Å². The molecule has 3 heteroatoms. The predicted molar refractivity (Wildman–Crippen MR) is 64.2 cm³/mol. The molecular weight excluding hydrogens is 205 g/mol. The van der Waals surface area contributed by atoms with E-state index in [2.05, 4.69) is 0 Å². The third-order valence-corrected chi connectivity index (χ3v) is 2.73. The van der Waals surface area contributed by atoms with Crippen LogP contribution in [0.1, 0.15) is 25.0 Å². The van der Waals surface area contributed by atoms with Gasteiger partial charge in [-0.15, -0.1) is 0 Å². The summed E-state index contributed by atoms with van der Waals surface area (Å²) in [4.78, 5) is 0. The van der Waals surface area contributed by atoms with Gasteiger partial charge in [-0.2, -0.15) is 0 Å². The zero-order chi connectivity index (χ0) is 12.3. The molecule has 0 heterocycles. The zero-order valence-electron chi connectivity index (χ0n) is 10.4. The van der Waals surface area contributed by atoms with Crippen molar-refractivity contribution in [2.75, 3.05) is 13.7 Å². The van der Waals surface area contributed by atoms with E-state index < -0.39 is 0 Å². The summed E-state index contributed by atoms with van der Waals surface area (Å²) in [7, 11) is 1.56. The van der Waals surface area contributed by atoms with Crippen LogP contribution in [-0.2, 0) is 6.42 Å². The Bertz CT molecular complexity index is 374. The summed E-state index contributed by atoms with van der Waals surface area (Å²) in [6, 6.07) is 3.38. The maximum absolute atomic E-state index is 13.8. The van der Waals surface area contributed by atoms with Crippen LogP contribution in [0.15, 0.2) is 12.1 Å². The Morgan fingerprint density at radius 2 is 2.00 bits per heavy atom. The molecule has 0 amide bonds. The van der Waals surface area contributed by atoms with E-state index >= 15 is 0 Å². The number of rotatable bonds is 4. The highest BCUT2D eigenvalue weighted by atomic mass is 19.1. The van der Waals surface area contributed by atoms with Gasteiger partial charge < -0.3 is 10.5 Å². The van der Waals surface area contributed by atoms with Crippen molar-refractivity contribution in [3.8, 4) is 5.75 Å². The van der Waals surface area contributed by atoms with Crippen molar-refractivity contribution >= 4 is 0 Å². The second-order valence-electron chi connectivity index (χ2n) is 4.97. The summed E-state index contributed by atoms with van der Waals surface area (Å²) in [6.07, 6.45) is 0.582. The van der Waals surface area contributed by atoms with Gasteiger partial charge in [-0.25, -0.2) is 4.39 Å². The summed E-state index contributed by atoms with van der Waals surface area (Å²) in [5.41, 5.74) is 7.02. The van der Waals surface area contributed by atoms with E-state index in [1.807, 2.05) is 26.8 Å². The van der Waals surface area contributed by atoms with Crippen LogP contribution in [0.3, 0.4) is 0 Å². The molecule has 0 aliphatic carbocycles.